The van der Waals surface area contributed by atoms with Gasteiger partial charge in [0, 0.05) is 45.5 Å². The third-order valence-electron chi connectivity index (χ3n) is 5.28. The number of carbonyl (C=O) groups excluding carboxylic acids is 2. The van der Waals surface area contributed by atoms with Crippen molar-refractivity contribution in [1.82, 2.24) is 14.8 Å². The Balaban J connectivity index is 1.43. The zero-order valence-electron chi connectivity index (χ0n) is 16.3. The number of rotatable bonds is 5. The molecule has 2 saturated heterocycles. The molecule has 0 atom stereocenters. The summed E-state index contributed by atoms with van der Waals surface area (Å²) in [6.07, 6.45) is 2.44. The monoisotopic (exact) mass is 395 g/mol. The Bertz CT molecular complexity index is 844. The van der Waals surface area contributed by atoms with E-state index in [1.54, 1.807) is 22.1 Å². The summed E-state index contributed by atoms with van der Waals surface area (Å²) < 4.78 is 5.45. The van der Waals surface area contributed by atoms with E-state index in [4.69, 9.17) is 4.74 Å². The Hall–Kier alpha value is -3.13. The van der Waals surface area contributed by atoms with E-state index in [9.17, 15) is 9.59 Å². The molecule has 4 rings (SSSR count). The van der Waals surface area contributed by atoms with Crippen LogP contribution in [-0.4, -0.2) is 79.6 Å². The first-order chi connectivity index (χ1) is 14.2. The van der Waals surface area contributed by atoms with Crippen LogP contribution in [0.1, 0.15) is 10.4 Å². The molecule has 0 bridgehead atoms. The summed E-state index contributed by atoms with van der Waals surface area (Å²) in [5, 5.41) is 3.36. The van der Waals surface area contributed by atoms with Gasteiger partial charge in [-0.3, -0.25) is 9.59 Å². The van der Waals surface area contributed by atoms with E-state index in [-0.39, 0.29) is 5.91 Å². The van der Waals surface area contributed by atoms with Crippen molar-refractivity contribution in [2.75, 3.05) is 62.7 Å². The number of pyridine rings is 1. The van der Waals surface area contributed by atoms with E-state index in [2.05, 4.69) is 21.3 Å². The molecule has 2 amide bonds. The van der Waals surface area contributed by atoms with E-state index in [1.165, 1.54) is 0 Å². The van der Waals surface area contributed by atoms with E-state index in [0.717, 1.165) is 44.1 Å². The number of aromatic nitrogens is 1. The summed E-state index contributed by atoms with van der Waals surface area (Å²) in [7, 11) is 0. The molecule has 8 heteroatoms. The topological polar surface area (TPSA) is 78.0 Å². The third kappa shape index (κ3) is 4.48. The number of anilines is 3. The minimum Gasteiger partial charge on any atom is -0.378 e. The van der Waals surface area contributed by atoms with E-state index in [1.807, 2.05) is 24.3 Å². The number of ether oxygens (including phenoxy) is 1. The summed E-state index contributed by atoms with van der Waals surface area (Å²) in [6, 6.07) is 11.7. The van der Waals surface area contributed by atoms with Crippen molar-refractivity contribution in [3.05, 3.63) is 48.2 Å². The van der Waals surface area contributed by atoms with Crippen LogP contribution in [0.5, 0.6) is 0 Å². The van der Waals surface area contributed by atoms with Gasteiger partial charge in [0.1, 0.15) is 5.82 Å². The summed E-state index contributed by atoms with van der Waals surface area (Å²) in [5.41, 5.74) is 2.65. The number of morpholine rings is 1. The minimum absolute atomic E-state index is 0.0525. The fraction of sp³-hybridized carbons (Fsp3) is 0.381. The number of piperazine rings is 1. The van der Waals surface area contributed by atoms with Crippen LogP contribution in [0.25, 0.3) is 0 Å². The fourth-order valence-electron chi connectivity index (χ4n) is 3.60. The van der Waals surface area contributed by atoms with Crippen LogP contribution in [0, 0.1) is 0 Å². The molecule has 2 aliphatic rings. The molecule has 0 unspecified atom stereocenters. The summed E-state index contributed by atoms with van der Waals surface area (Å²) in [4.78, 5) is 33.7. The van der Waals surface area contributed by atoms with Gasteiger partial charge in [-0.2, -0.15) is 0 Å². The van der Waals surface area contributed by atoms with E-state index in [0.29, 0.717) is 37.6 Å². The van der Waals surface area contributed by atoms with Crippen LogP contribution >= 0.6 is 0 Å². The SMILES string of the molecule is O=CN1CCN(C(=O)c2ccc(Nc3ccccc3N3CCOCC3)nc2)CC1. The number of nitrogens with one attached hydrogen (secondary N) is 1. The van der Waals surface area contributed by atoms with Crippen molar-refractivity contribution in [3.63, 3.8) is 0 Å². The van der Waals surface area contributed by atoms with Crippen molar-refractivity contribution in [2.45, 2.75) is 0 Å². The normalized spacial score (nSPS) is 17.2. The number of hydrogen-bond donors (Lipinski definition) is 1. The third-order valence-corrected chi connectivity index (χ3v) is 5.28. The lowest BCUT2D eigenvalue weighted by Gasteiger charge is -2.32. The molecule has 0 radical (unpaired) electrons. The maximum atomic E-state index is 12.7. The van der Waals surface area contributed by atoms with Crippen LogP contribution in [0.4, 0.5) is 17.2 Å². The summed E-state index contributed by atoms with van der Waals surface area (Å²) >= 11 is 0. The second-order valence-electron chi connectivity index (χ2n) is 7.11. The van der Waals surface area contributed by atoms with Gasteiger partial charge in [0.15, 0.2) is 0 Å². The number of amides is 2. The van der Waals surface area contributed by atoms with Gasteiger partial charge in [0.25, 0.3) is 5.91 Å². The molecular formula is C21H25N5O3. The van der Waals surface area contributed by atoms with Gasteiger partial charge in [-0.15, -0.1) is 0 Å². The highest BCUT2D eigenvalue weighted by atomic mass is 16.5. The molecule has 1 aromatic carbocycles. The molecule has 2 fully saturated rings. The van der Waals surface area contributed by atoms with Crippen LogP contribution in [0.15, 0.2) is 42.6 Å². The molecule has 152 valence electrons. The molecule has 2 aromatic rings. The van der Waals surface area contributed by atoms with Crippen LogP contribution in [-0.2, 0) is 9.53 Å². The lowest BCUT2D eigenvalue weighted by molar-refractivity contribution is -0.119. The smallest absolute Gasteiger partial charge is 0.255 e. The predicted octanol–water partition coefficient (Wildman–Crippen LogP) is 1.58. The predicted molar refractivity (Wildman–Crippen MR) is 111 cm³/mol. The molecule has 8 nitrogen and oxygen atoms in total. The van der Waals surface area contributed by atoms with Gasteiger partial charge >= 0.3 is 0 Å². The summed E-state index contributed by atoms with van der Waals surface area (Å²) in [5.74, 6) is 0.636. The Morgan fingerprint density at radius 3 is 2.45 bits per heavy atom. The second-order valence-corrected chi connectivity index (χ2v) is 7.11. The van der Waals surface area contributed by atoms with Gasteiger partial charge in [-0.05, 0) is 24.3 Å². The standard InChI is InChI=1S/C21H25N5O3/c27-16-24-7-9-26(10-8-24)21(28)17-5-6-20(22-15-17)23-18-3-1-2-4-19(18)25-11-13-29-14-12-25/h1-6,15-16H,7-14H2,(H,22,23). The van der Waals surface area contributed by atoms with Crippen molar-refractivity contribution in [2.24, 2.45) is 0 Å². The number of benzene rings is 1. The van der Waals surface area contributed by atoms with Crippen LogP contribution in [0.2, 0.25) is 0 Å². The largest absolute Gasteiger partial charge is 0.378 e. The molecule has 0 aliphatic carbocycles. The second kappa shape index (κ2) is 8.91. The Morgan fingerprint density at radius 2 is 1.76 bits per heavy atom. The lowest BCUT2D eigenvalue weighted by Crippen LogP contribution is -2.48. The first kappa shape index (κ1) is 19.2. The molecule has 0 spiro atoms. The number of para-hydroxylation sites is 2. The molecule has 2 aliphatic heterocycles. The number of hydrogen-bond acceptors (Lipinski definition) is 6. The van der Waals surface area contributed by atoms with Crippen molar-refractivity contribution in [1.29, 1.82) is 0 Å². The molecule has 3 heterocycles. The van der Waals surface area contributed by atoms with E-state index < -0.39 is 0 Å². The summed E-state index contributed by atoms with van der Waals surface area (Å²) in [6.45, 7) is 5.40. The van der Waals surface area contributed by atoms with Crippen molar-refractivity contribution < 1.29 is 14.3 Å². The van der Waals surface area contributed by atoms with Crippen molar-refractivity contribution in [3.8, 4) is 0 Å². The highest BCUT2D eigenvalue weighted by Crippen LogP contribution is 2.28. The maximum Gasteiger partial charge on any atom is 0.255 e. The van der Waals surface area contributed by atoms with Crippen molar-refractivity contribution >= 4 is 29.5 Å². The highest BCUT2D eigenvalue weighted by molar-refractivity contribution is 5.94. The molecule has 0 saturated carbocycles. The Morgan fingerprint density at radius 1 is 1.00 bits per heavy atom. The van der Waals surface area contributed by atoms with Gasteiger partial charge in [-0.1, -0.05) is 12.1 Å². The van der Waals surface area contributed by atoms with Gasteiger partial charge in [-0.25, -0.2) is 4.98 Å². The van der Waals surface area contributed by atoms with Gasteiger partial charge in [0.2, 0.25) is 6.41 Å². The van der Waals surface area contributed by atoms with Gasteiger partial charge in [0.05, 0.1) is 30.2 Å². The molecule has 1 aromatic heterocycles. The van der Waals surface area contributed by atoms with Crippen LogP contribution < -0.4 is 10.2 Å². The fourth-order valence-corrected chi connectivity index (χ4v) is 3.60. The van der Waals surface area contributed by atoms with Gasteiger partial charge < -0.3 is 24.8 Å². The zero-order chi connectivity index (χ0) is 20.1. The first-order valence-corrected chi connectivity index (χ1v) is 9.88. The molecule has 1 N–H and O–H groups in total. The molecular weight excluding hydrogens is 370 g/mol. The highest BCUT2D eigenvalue weighted by Gasteiger charge is 2.21. The minimum atomic E-state index is -0.0525. The number of carbonyl (C=O) groups is 2. The quantitative estimate of drug-likeness (QED) is 0.775. The molecule has 29 heavy (non-hydrogen) atoms. The lowest BCUT2D eigenvalue weighted by atomic mass is 10.2. The average molecular weight is 395 g/mol. The average Bonchev–Trinajstić information content (AvgIpc) is 2.80. The van der Waals surface area contributed by atoms with Crippen LogP contribution in [0.3, 0.4) is 0 Å². The Kier molecular flexibility index (Phi) is 5.90. The Labute approximate surface area is 170 Å². The van der Waals surface area contributed by atoms with E-state index >= 15 is 0 Å². The first-order valence-electron chi connectivity index (χ1n) is 9.88. The maximum absolute atomic E-state index is 12.7. The number of nitrogens with zero attached hydrogens (tertiary/aromatic N) is 4. The zero-order valence-corrected chi connectivity index (χ0v) is 16.3.